The van der Waals surface area contributed by atoms with Gasteiger partial charge in [0.05, 0.1) is 0 Å². The van der Waals surface area contributed by atoms with Crippen LogP contribution < -0.4 is 5.73 Å². The Bertz CT molecular complexity index is 119. The van der Waals surface area contributed by atoms with Crippen LogP contribution in [0.5, 0.6) is 0 Å². The van der Waals surface area contributed by atoms with E-state index in [1.54, 1.807) is 0 Å². The lowest BCUT2D eigenvalue weighted by Gasteiger charge is -2.08. The van der Waals surface area contributed by atoms with Gasteiger partial charge in [0, 0.05) is 12.3 Å². The van der Waals surface area contributed by atoms with Gasteiger partial charge in [-0.2, -0.15) is 0 Å². The van der Waals surface area contributed by atoms with Gasteiger partial charge in [0.1, 0.15) is 0 Å². The van der Waals surface area contributed by atoms with Gasteiger partial charge in [-0.15, -0.1) is 0 Å². The third-order valence-corrected chi connectivity index (χ3v) is 1.90. The number of hydrogen-bond acceptors (Lipinski definition) is 2. The monoisotopic (exact) mass is 156 g/mol. The summed E-state index contributed by atoms with van der Waals surface area (Å²) < 4.78 is 0. The van der Waals surface area contributed by atoms with E-state index in [1.165, 1.54) is 5.71 Å². The lowest BCUT2D eigenvalue weighted by molar-refractivity contribution is 0.685. The summed E-state index contributed by atoms with van der Waals surface area (Å²) >= 11 is 0. The predicted molar refractivity (Wildman–Crippen MR) is 51.1 cm³/mol. The number of hydrogen-bond donors (Lipinski definition) is 1. The van der Waals surface area contributed by atoms with Crippen molar-refractivity contribution in [2.24, 2.45) is 16.6 Å². The molecule has 0 amide bonds. The van der Waals surface area contributed by atoms with Gasteiger partial charge >= 0.3 is 0 Å². The molecule has 11 heavy (non-hydrogen) atoms. The number of rotatable bonds is 5. The summed E-state index contributed by atoms with van der Waals surface area (Å²) in [5.41, 5.74) is 6.69. The topological polar surface area (TPSA) is 38.4 Å². The van der Waals surface area contributed by atoms with Crippen molar-refractivity contribution in [3.8, 4) is 0 Å². The van der Waals surface area contributed by atoms with Gasteiger partial charge in [0.2, 0.25) is 0 Å². The Morgan fingerprint density at radius 3 is 2.64 bits per heavy atom. The lowest BCUT2D eigenvalue weighted by atomic mass is 10.0. The Morgan fingerprint density at radius 2 is 2.18 bits per heavy atom. The first-order valence-corrected chi connectivity index (χ1v) is 4.43. The summed E-state index contributed by atoms with van der Waals surface area (Å²) in [4.78, 5) is 4.42. The summed E-state index contributed by atoms with van der Waals surface area (Å²) in [5, 5.41) is 0. The molecule has 2 nitrogen and oxygen atoms in total. The van der Waals surface area contributed by atoms with Crippen LogP contribution in [0.2, 0.25) is 0 Å². The van der Waals surface area contributed by atoms with E-state index in [4.69, 9.17) is 5.73 Å². The Kier molecular flexibility index (Phi) is 6.13. The molecule has 0 aliphatic heterocycles. The number of nitrogens with two attached hydrogens (primary N) is 1. The predicted octanol–water partition coefficient (Wildman–Crippen LogP) is 1.84. The van der Waals surface area contributed by atoms with Gasteiger partial charge in [-0.05, 0) is 32.2 Å². The van der Waals surface area contributed by atoms with E-state index >= 15 is 0 Å². The molecule has 0 rings (SSSR count). The summed E-state index contributed by atoms with van der Waals surface area (Å²) in [6, 6.07) is 0. The second kappa shape index (κ2) is 6.35. The minimum absolute atomic E-state index is 0.562. The first-order chi connectivity index (χ1) is 5.22. The maximum atomic E-state index is 5.44. The van der Waals surface area contributed by atoms with Crippen LogP contribution in [0.1, 0.15) is 33.6 Å². The maximum Gasteiger partial charge on any atom is 0.0386 e. The molecule has 0 fully saturated rings. The Balaban J connectivity index is 3.69. The molecule has 0 radical (unpaired) electrons. The van der Waals surface area contributed by atoms with Crippen molar-refractivity contribution in [1.82, 2.24) is 0 Å². The molecule has 1 unspecified atom stereocenters. The van der Waals surface area contributed by atoms with Crippen molar-refractivity contribution in [3.05, 3.63) is 0 Å². The fraction of sp³-hybridized carbons (Fsp3) is 0.889. The van der Waals surface area contributed by atoms with E-state index in [9.17, 15) is 0 Å². The van der Waals surface area contributed by atoms with Gasteiger partial charge in [-0.3, -0.25) is 4.99 Å². The Labute approximate surface area is 69.9 Å². The summed E-state index contributed by atoms with van der Waals surface area (Å²) in [7, 11) is 0. The van der Waals surface area contributed by atoms with Crippen LogP contribution >= 0.6 is 0 Å². The average Bonchev–Trinajstić information content (AvgIpc) is 2.00. The van der Waals surface area contributed by atoms with Crippen molar-refractivity contribution in [2.45, 2.75) is 33.6 Å². The normalized spacial score (nSPS) is 15.1. The Morgan fingerprint density at radius 1 is 1.55 bits per heavy atom. The minimum atomic E-state index is 0.562. The molecule has 0 aliphatic rings. The molecule has 1 atom stereocenters. The molecule has 2 N–H and O–H groups in total. The van der Waals surface area contributed by atoms with E-state index in [-0.39, 0.29) is 0 Å². The molecule has 0 aromatic rings. The number of nitrogens with zero attached hydrogens (tertiary/aromatic N) is 1. The van der Waals surface area contributed by atoms with E-state index in [0.29, 0.717) is 5.92 Å². The van der Waals surface area contributed by atoms with E-state index in [1.807, 2.05) is 0 Å². The van der Waals surface area contributed by atoms with Crippen molar-refractivity contribution < 1.29 is 0 Å². The third-order valence-electron chi connectivity index (χ3n) is 1.90. The van der Waals surface area contributed by atoms with E-state index < -0.39 is 0 Å². The van der Waals surface area contributed by atoms with Crippen LogP contribution in [0.25, 0.3) is 0 Å². The van der Waals surface area contributed by atoms with Crippen molar-refractivity contribution in [1.29, 1.82) is 0 Å². The zero-order valence-electron chi connectivity index (χ0n) is 7.93. The first-order valence-electron chi connectivity index (χ1n) is 4.43. The van der Waals surface area contributed by atoms with Crippen LogP contribution in [-0.2, 0) is 0 Å². The fourth-order valence-corrected chi connectivity index (χ4v) is 0.903. The highest BCUT2D eigenvalue weighted by Gasteiger charge is 2.02. The number of aliphatic imine (C=N–C) groups is 1. The van der Waals surface area contributed by atoms with Crippen molar-refractivity contribution >= 4 is 5.71 Å². The van der Waals surface area contributed by atoms with Gasteiger partial charge in [-0.1, -0.05) is 13.8 Å². The summed E-state index contributed by atoms with van der Waals surface area (Å²) in [5.74, 6) is 0.562. The lowest BCUT2D eigenvalue weighted by Crippen LogP contribution is -2.13. The van der Waals surface area contributed by atoms with Crippen molar-refractivity contribution in [3.63, 3.8) is 0 Å². The highest BCUT2D eigenvalue weighted by molar-refractivity contribution is 5.83. The van der Waals surface area contributed by atoms with E-state index in [0.717, 1.165) is 25.9 Å². The highest BCUT2D eigenvalue weighted by atomic mass is 14.7. The van der Waals surface area contributed by atoms with Crippen LogP contribution in [0, 0.1) is 5.92 Å². The second-order valence-electron chi connectivity index (χ2n) is 3.00. The first kappa shape index (κ1) is 10.6. The van der Waals surface area contributed by atoms with Crippen LogP contribution in [0.3, 0.4) is 0 Å². The zero-order chi connectivity index (χ0) is 8.69. The molecule has 0 heterocycles. The van der Waals surface area contributed by atoms with Crippen LogP contribution in [0.15, 0.2) is 4.99 Å². The summed E-state index contributed by atoms with van der Waals surface area (Å²) in [6.07, 6.45) is 2.19. The standard InChI is InChI=1S/C9H20N2/c1-4-7-11-9(3)8(2)5-6-10/h8H,4-7,10H2,1-3H3. The average molecular weight is 156 g/mol. The molecule has 0 aromatic heterocycles. The van der Waals surface area contributed by atoms with Gasteiger partial charge in [0.15, 0.2) is 0 Å². The van der Waals surface area contributed by atoms with Crippen LogP contribution in [-0.4, -0.2) is 18.8 Å². The molecule has 0 aromatic carbocycles. The molecule has 2 heteroatoms. The zero-order valence-corrected chi connectivity index (χ0v) is 7.93. The third kappa shape index (κ3) is 4.96. The minimum Gasteiger partial charge on any atom is -0.330 e. The smallest absolute Gasteiger partial charge is 0.0386 e. The molecular weight excluding hydrogens is 136 g/mol. The molecule has 0 saturated heterocycles. The fourth-order valence-electron chi connectivity index (χ4n) is 0.903. The molecule has 0 saturated carbocycles. The molecule has 0 bridgehead atoms. The SMILES string of the molecule is CCCN=C(C)C(C)CCN. The molecule has 66 valence electrons. The quantitative estimate of drug-likeness (QED) is 0.606. The largest absolute Gasteiger partial charge is 0.330 e. The maximum absolute atomic E-state index is 5.44. The van der Waals surface area contributed by atoms with Crippen molar-refractivity contribution in [2.75, 3.05) is 13.1 Å². The molecule has 0 spiro atoms. The second-order valence-corrected chi connectivity index (χ2v) is 3.00. The highest BCUT2D eigenvalue weighted by Crippen LogP contribution is 2.03. The molecular formula is C9H20N2. The Hall–Kier alpha value is -0.370. The van der Waals surface area contributed by atoms with Crippen LogP contribution in [0.4, 0.5) is 0 Å². The van der Waals surface area contributed by atoms with Gasteiger partial charge < -0.3 is 5.73 Å². The van der Waals surface area contributed by atoms with Gasteiger partial charge in [0.25, 0.3) is 0 Å². The summed E-state index contributed by atoms with van der Waals surface area (Å²) in [6.45, 7) is 8.14. The van der Waals surface area contributed by atoms with E-state index in [2.05, 4.69) is 25.8 Å². The van der Waals surface area contributed by atoms with Gasteiger partial charge in [-0.25, -0.2) is 0 Å². The molecule has 0 aliphatic carbocycles.